The van der Waals surface area contributed by atoms with Gasteiger partial charge in [0.1, 0.15) is 5.82 Å². The summed E-state index contributed by atoms with van der Waals surface area (Å²) in [6.45, 7) is 12.2. The van der Waals surface area contributed by atoms with Crippen molar-refractivity contribution in [2.75, 3.05) is 11.9 Å². The molecule has 30 heavy (non-hydrogen) atoms. The van der Waals surface area contributed by atoms with Gasteiger partial charge >= 0.3 is 0 Å². The lowest BCUT2D eigenvalue weighted by Gasteiger charge is -2.32. The van der Waals surface area contributed by atoms with Crippen LogP contribution in [0.2, 0.25) is 0 Å². The summed E-state index contributed by atoms with van der Waals surface area (Å²) in [7, 11) is -3.65. The number of nitrogens with one attached hydrogen (secondary N) is 1. The molecule has 8 heteroatoms. The van der Waals surface area contributed by atoms with Crippen molar-refractivity contribution < 1.29 is 13.2 Å². The fourth-order valence-electron chi connectivity index (χ4n) is 3.85. The lowest BCUT2D eigenvalue weighted by molar-refractivity contribution is 0.102. The van der Waals surface area contributed by atoms with Gasteiger partial charge in [0.05, 0.1) is 16.1 Å². The summed E-state index contributed by atoms with van der Waals surface area (Å²) in [4.78, 5) is 13.2. The molecule has 1 amide bonds. The highest BCUT2D eigenvalue weighted by atomic mass is 32.2. The zero-order valence-corrected chi connectivity index (χ0v) is 19.5. The lowest BCUT2D eigenvalue weighted by atomic mass is 10.1. The Labute approximate surface area is 179 Å². The SMILES string of the molecule is Cc1cc(NC(=O)c2cc(S(=O)(=O)N3CCCCC3C)ccc2C)n(C(C)(C)C)n1. The van der Waals surface area contributed by atoms with Gasteiger partial charge in [0.25, 0.3) is 5.91 Å². The third kappa shape index (κ3) is 4.44. The summed E-state index contributed by atoms with van der Waals surface area (Å²) < 4.78 is 29.7. The molecule has 1 aliphatic rings. The van der Waals surface area contributed by atoms with E-state index in [0.717, 1.165) is 30.5 Å². The lowest BCUT2D eigenvalue weighted by Crippen LogP contribution is -2.42. The molecule has 0 saturated carbocycles. The number of nitrogens with zero attached hydrogens (tertiary/aromatic N) is 3. The second-order valence-corrected chi connectivity index (χ2v) is 11.0. The Balaban J connectivity index is 1.93. The highest BCUT2D eigenvalue weighted by Gasteiger charge is 2.31. The van der Waals surface area contributed by atoms with E-state index in [9.17, 15) is 13.2 Å². The largest absolute Gasteiger partial charge is 0.307 e. The van der Waals surface area contributed by atoms with Gasteiger partial charge in [-0.3, -0.25) is 4.79 Å². The van der Waals surface area contributed by atoms with Crippen LogP contribution < -0.4 is 5.32 Å². The maximum absolute atomic E-state index is 13.2. The highest BCUT2D eigenvalue weighted by Crippen LogP contribution is 2.27. The van der Waals surface area contributed by atoms with Crippen molar-refractivity contribution in [3.05, 3.63) is 41.1 Å². The molecule has 164 valence electrons. The van der Waals surface area contributed by atoms with E-state index in [1.54, 1.807) is 28.0 Å². The van der Waals surface area contributed by atoms with Crippen LogP contribution >= 0.6 is 0 Å². The number of carbonyl (C=O) groups excluding carboxylic acids is 1. The van der Waals surface area contributed by atoms with E-state index in [2.05, 4.69) is 10.4 Å². The molecule has 3 rings (SSSR count). The quantitative estimate of drug-likeness (QED) is 0.789. The van der Waals surface area contributed by atoms with Crippen molar-refractivity contribution in [3.8, 4) is 0 Å². The van der Waals surface area contributed by atoms with Crippen LogP contribution in [0, 0.1) is 13.8 Å². The predicted molar refractivity (Wildman–Crippen MR) is 118 cm³/mol. The van der Waals surface area contributed by atoms with Crippen LogP contribution in [0.3, 0.4) is 0 Å². The molecular weight excluding hydrogens is 400 g/mol. The Kier molecular flexibility index (Phi) is 6.11. The number of hydrogen-bond acceptors (Lipinski definition) is 4. The first-order valence-electron chi connectivity index (χ1n) is 10.4. The number of piperidine rings is 1. The van der Waals surface area contributed by atoms with E-state index >= 15 is 0 Å². The van der Waals surface area contributed by atoms with Gasteiger partial charge in [-0.05, 0) is 72.1 Å². The maximum atomic E-state index is 13.2. The molecule has 2 heterocycles. The summed E-state index contributed by atoms with van der Waals surface area (Å²) in [6.07, 6.45) is 2.75. The van der Waals surface area contributed by atoms with Crippen LogP contribution in [0.25, 0.3) is 0 Å². The third-order valence-corrected chi connectivity index (χ3v) is 7.52. The van der Waals surface area contributed by atoms with Crippen LogP contribution in [0.1, 0.15) is 68.6 Å². The van der Waals surface area contributed by atoms with Crippen LogP contribution in [-0.2, 0) is 15.6 Å². The van der Waals surface area contributed by atoms with Crippen molar-refractivity contribution in [3.63, 3.8) is 0 Å². The average molecular weight is 433 g/mol. The Morgan fingerprint density at radius 3 is 2.50 bits per heavy atom. The fraction of sp³-hybridized carbons (Fsp3) is 0.545. The number of sulfonamides is 1. The Morgan fingerprint density at radius 2 is 1.87 bits per heavy atom. The summed E-state index contributed by atoms with van der Waals surface area (Å²) in [5.41, 5.74) is 1.56. The maximum Gasteiger partial charge on any atom is 0.257 e. The van der Waals surface area contributed by atoms with Crippen LogP contribution in [-0.4, -0.2) is 41.0 Å². The number of benzene rings is 1. The minimum absolute atomic E-state index is 0.0357. The first-order valence-corrected chi connectivity index (χ1v) is 11.9. The predicted octanol–water partition coefficient (Wildman–Crippen LogP) is 4.07. The molecule has 1 saturated heterocycles. The van der Waals surface area contributed by atoms with Crippen LogP contribution in [0.4, 0.5) is 5.82 Å². The molecule has 7 nitrogen and oxygen atoms in total. The second kappa shape index (κ2) is 8.15. The number of hydrogen-bond donors (Lipinski definition) is 1. The monoisotopic (exact) mass is 432 g/mol. The molecule has 2 aromatic rings. The number of anilines is 1. The van der Waals surface area contributed by atoms with Gasteiger partial charge in [-0.2, -0.15) is 9.40 Å². The molecule has 0 aliphatic carbocycles. The molecule has 1 N–H and O–H groups in total. The van der Waals surface area contributed by atoms with E-state index in [-0.39, 0.29) is 22.4 Å². The van der Waals surface area contributed by atoms with Gasteiger partial charge in [-0.15, -0.1) is 0 Å². The second-order valence-electron chi connectivity index (χ2n) is 9.14. The first-order chi connectivity index (χ1) is 13.9. The van der Waals surface area contributed by atoms with Crippen LogP contribution in [0.5, 0.6) is 0 Å². The number of amides is 1. The number of carbonyl (C=O) groups is 1. The van der Waals surface area contributed by atoms with Gasteiger partial charge in [-0.1, -0.05) is 12.5 Å². The van der Waals surface area contributed by atoms with Gasteiger partial charge in [0, 0.05) is 24.2 Å². The first kappa shape index (κ1) is 22.5. The van der Waals surface area contributed by atoms with Crippen molar-refractivity contribution in [2.45, 2.75) is 77.3 Å². The van der Waals surface area contributed by atoms with E-state index < -0.39 is 10.0 Å². The van der Waals surface area contributed by atoms with E-state index in [1.165, 1.54) is 6.07 Å². The summed E-state index contributed by atoms with van der Waals surface area (Å²) in [5.74, 6) is 0.240. The normalized spacial score (nSPS) is 18.4. The zero-order valence-electron chi connectivity index (χ0n) is 18.7. The fourth-order valence-corrected chi connectivity index (χ4v) is 5.58. The number of aromatic nitrogens is 2. The molecule has 1 unspecified atom stereocenters. The number of aryl methyl sites for hydroxylation is 2. The molecule has 1 fully saturated rings. The smallest absolute Gasteiger partial charge is 0.257 e. The van der Waals surface area contributed by atoms with Gasteiger partial charge in [0.15, 0.2) is 0 Å². The number of rotatable bonds is 4. The van der Waals surface area contributed by atoms with Crippen LogP contribution in [0.15, 0.2) is 29.2 Å². The van der Waals surface area contributed by atoms with Crippen molar-refractivity contribution in [2.24, 2.45) is 0 Å². The van der Waals surface area contributed by atoms with Gasteiger partial charge in [-0.25, -0.2) is 13.1 Å². The topological polar surface area (TPSA) is 84.3 Å². The Morgan fingerprint density at radius 1 is 1.17 bits per heavy atom. The summed E-state index contributed by atoms with van der Waals surface area (Å²) in [5, 5.41) is 7.39. The summed E-state index contributed by atoms with van der Waals surface area (Å²) in [6, 6.07) is 6.56. The summed E-state index contributed by atoms with van der Waals surface area (Å²) >= 11 is 0. The minimum Gasteiger partial charge on any atom is -0.307 e. The molecule has 1 aliphatic heterocycles. The average Bonchev–Trinajstić information content (AvgIpc) is 3.02. The standard InChI is InChI=1S/C22H32N4O3S/c1-15-10-11-18(30(28,29)25-12-8-7-9-17(25)3)14-19(15)21(27)23-20-13-16(2)24-26(20)22(4,5)6/h10-11,13-14,17H,7-9,12H2,1-6H3,(H,23,27). The highest BCUT2D eigenvalue weighted by molar-refractivity contribution is 7.89. The zero-order chi connectivity index (χ0) is 22.3. The van der Waals surface area contributed by atoms with E-state index in [1.807, 2.05) is 40.7 Å². The third-order valence-electron chi connectivity index (χ3n) is 5.51. The van der Waals surface area contributed by atoms with Crippen molar-refractivity contribution in [1.29, 1.82) is 0 Å². The molecule has 1 aromatic carbocycles. The van der Waals surface area contributed by atoms with E-state index in [0.29, 0.717) is 17.9 Å². The Bertz CT molecular complexity index is 1050. The Hall–Kier alpha value is -2.19. The van der Waals surface area contributed by atoms with Gasteiger partial charge < -0.3 is 5.32 Å². The van der Waals surface area contributed by atoms with Gasteiger partial charge in [0.2, 0.25) is 10.0 Å². The molecule has 0 bridgehead atoms. The molecule has 1 aromatic heterocycles. The van der Waals surface area contributed by atoms with Crippen molar-refractivity contribution >= 4 is 21.7 Å². The van der Waals surface area contributed by atoms with E-state index in [4.69, 9.17) is 0 Å². The minimum atomic E-state index is -3.65. The van der Waals surface area contributed by atoms with Crippen molar-refractivity contribution in [1.82, 2.24) is 14.1 Å². The molecule has 1 atom stereocenters. The molecular formula is C22H32N4O3S. The molecule has 0 spiro atoms. The molecule has 0 radical (unpaired) electrons.